The number of allylic oxidation sites excluding steroid dienone is 2. The van der Waals surface area contributed by atoms with E-state index in [9.17, 15) is 4.79 Å². The summed E-state index contributed by atoms with van der Waals surface area (Å²) in [7, 11) is -0.514. The van der Waals surface area contributed by atoms with Gasteiger partial charge in [0.1, 0.15) is 0 Å². The van der Waals surface area contributed by atoms with Crippen LogP contribution in [0.25, 0.3) is 0 Å². The zero-order valence-corrected chi connectivity index (χ0v) is 21.6. The molecule has 1 aliphatic rings. The summed E-state index contributed by atoms with van der Waals surface area (Å²) in [6.45, 7) is 13.9. The van der Waals surface area contributed by atoms with Crippen molar-refractivity contribution in [2.24, 2.45) is 5.92 Å². The van der Waals surface area contributed by atoms with Gasteiger partial charge in [-0.05, 0) is 59.2 Å². The SMILES string of the molecule is COC(=O)[C@@H](c1ccc(Br)cc1)[C@@H]1C=C(O[Si](C(C)C)(C(C)C)C(C)C)CCC1. The molecular formula is C24H37BrO3Si. The number of esters is 1. The van der Waals surface area contributed by atoms with Crippen LogP contribution in [0, 0.1) is 5.92 Å². The van der Waals surface area contributed by atoms with Crippen LogP contribution in [0.4, 0.5) is 0 Å². The van der Waals surface area contributed by atoms with Gasteiger partial charge in [0, 0.05) is 10.9 Å². The molecule has 0 spiro atoms. The highest BCUT2D eigenvalue weighted by Gasteiger charge is 2.47. The van der Waals surface area contributed by atoms with Crippen molar-refractivity contribution in [1.82, 2.24) is 0 Å². The van der Waals surface area contributed by atoms with Crippen LogP contribution in [0.3, 0.4) is 0 Å². The quantitative estimate of drug-likeness (QED) is 0.284. The van der Waals surface area contributed by atoms with Crippen LogP contribution in [0.2, 0.25) is 16.6 Å². The molecule has 29 heavy (non-hydrogen) atoms. The van der Waals surface area contributed by atoms with Crippen LogP contribution in [-0.4, -0.2) is 21.4 Å². The Morgan fingerprint density at radius 2 is 1.59 bits per heavy atom. The highest BCUT2D eigenvalue weighted by atomic mass is 79.9. The zero-order valence-electron chi connectivity index (χ0n) is 19.0. The third-order valence-electron chi connectivity index (χ3n) is 6.49. The maximum atomic E-state index is 12.7. The van der Waals surface area contributed by atoms with Gasteiger partial charge in [0.25, 0.3) is 8.32 Å². The summed E-state index contributed by atoms with van der Waals surface area (Å²) in [4.78, 5) is 12.7. The highest BCUT2D eigenvalue weighted by Crippen LogP contribution is 2.45. The van der Waals surface area contributed by atoms with E-state index in [4.69, 9.17) is 9.16 Å². The molecule has 3 nitrogen and oxygen atoms in total. The molecule has 2 rings (SSSR count). The van der Waals surface area contributed by atoms with Crippen LogP contribution < -0.4 is 0 Å². The van der Waals surface area contributed by atoms with Gasteiger partial charge >= 0.3 is 5.97 Å². The molecule has 0 N–H and O–H groups in total. The molecule has 0 amide bonds. The second-order valence-electron chi connectivity index (χ2n) is 9.16. The molecule has 0 radical (unpaired) electrons. The van der Waals surface area contributed by atoms with E-state index in [1.807, 2.05) is 24.3 Å². The van der Waals surface area contributed by atoms with Crippen molar-refractivity contribution in [3.05, 3.63) is 46.1 Å². The number of ether oxygens (including phenoxy) is 1. The van der Waals surface area contributed by atoms with E-state index < -0.39 is 8.32 Å². The van der Waals surface area contributed by atoms with Gasteiger partial charge in [-0.1, -0.05) is 69.6 Å². The summed E-state index contributed by atoms with van der Waals surface area (Å²) in [6, 6.07) is 8.01. The lowest BCUT2D eigenvalue weighted by Crippen LogP contribution is -2.47. The number of hydrogen-bond donors (Lipinski definition) is 0. The molecule has 0 fully saturated rings. The van der Waals surface area contributed by atoms with Crippen LogP contribution in [0.15, 0.2) is 40.6 Å². The van der Waals surface area contributed by atoms with Crippen molar-refractivity contribution in [1.29, 1.82) is 0 Å². The Morgan fingerprint density at radius 3 is 2.07 bits per heavy atom. The van der Waals surface area contributed by atoms with Gasteiger partial charge in [-0.3, -0.25) is 4.79 Å². The maximum Gasteiger partial charge on any atom is 0.313 e. The lowest BCUT2D eigenvalue weighted by atomic mass is 9.80. The summed E-state index contributed by atoms with van der Waals surface area (Å²) in [5.41, 5.74) is 2.60. The Balaban J connectivity index is 2.39. The van der Waals surface area contributed by atoms with Crippen molar-refractivity contribution in [2.45, 2.75) is 83.3 Å². The van der Waals surface area contributed by atoms with E-state index in [2.05, 4.69) is 63.5 Å². The monoisotopic (exact) mass is 480 g/mol. The maximum absolute atomic E-state index is 12.7. The fourth-order valence-electron chi connectivity index (χ4n) is 5.20. The first-order valence-electron chi connectivity index (χ1n) is 10.9. The van der Waals surface area contributed by atoms with Crippen molar-refractivity contribution in [2.75, 3.05) is 7.11 Å². The summed E-state index contributed by atoms with van der Waals surface area (Å²) in [6.07, 6.45) is 5.22. The van der Waals surface area contributed by atoms with E-state index in [0.717, 1.165) is 35.1 Å². The van der Waals surface area contributed by atoms with E-state index in [1.165, 1.54) is 7.11 Å². The largest absolute Gasteiger partial charge is 0.546 e. The number of carbonyl (C=O) groups excluding carboxylic acids is 1. The van der Waals surface area contributed by atoms with Gasteiger partial charge in [0.2, 0.25) is 0 Å². The molecule has 162 valence electrons. The second kappa shape index (κ2) is 10.3. The van der Waals surface area contributed by atoms with Crippen LogP contribution >= 0.6 is 15.9 Å². The van der Waals surface area contributed by atoms with Crippen molar-refractivity contribution >= 4 is 30.2 Å². The number of halogens is 1. The number of rotatable bonds is 8. The predicted octanol–water partition coefficient (Wildman–Crippen LogP) is 7.58. The summed E-state index contributed by atoms with van der Waals surface area (Å²) in [5.74, 6) is 0.732. The van der Waals surface area contributed by atoms with Crippen LogP contribution in [0.1, 0.15) is 72.3 Å². The fraction of sp³-hybridized carbons (Fsp3) is 0.625. The smallest absolute Gasteiger partial charge is 0.313 e. The first-order valence-corrected chi connectivity index (χ1v) is 13.8. The van der Waals surface area contributed by atoms with E-state index in [1.54, 1.807) is 0 Å². The Hall–Kier alpha value is -1.07. The number of benzene rings is 1. The van der Waals surface area contributed by atoms with Gasteiger partial charge in [0.05, 0.1) is 18.8 Å². The molecule has 1 aromatic carbocycles. The third kappa shape index (κ3) is 5.35. The fourth-order valence-corrected chi connectivity index (χ4v) is 10.8. The number of hydrogen-bond acceptors (Lipinski definition) is 3. The van der Waals surface area contributed by atoms with Crippen molar-refractivity contribution < 1.29 is 14.0 Å². The molecule has 0 saturated carbocycles. The number of carbonyl (C=O) groups is 1. The van der Waals surface area contributed by atoms with Gasteiger partial charge in [0.15, 0.2) is 0 Å². The van der Waals surface area contributed by atoms with E-state index in [0.29, 0.717) is 16.6 Å². The lowest BCUT2D eigenvalue weighted by molar-refractivity contribution is -0.143. The standard InChI is InChI=1S/C24H37BrO3Si/c1-16(2)29(17(3)4,18(5)6)28-22-10-8-9-20(15-22)23(24(26)27-7)19-11-13-21(25)14-12-19/h11-18,20,23H,8-10H2,1-7H3/t20-,23-/m0/s1. The third-order valence-corrected chi connectivity index (χ3v) is 13.0. The summed E-state index contributed by atoms with van der Waals surface area (Å²) in [5, 5.41) is 0. The van der Waals surface area contributed by atoms with Crippen molar-refractivity contribution in [3.63, 3.8) is 0 Å². The minimum Gasteiger partial charge on any atom is -0.546 e. The van der Waals surface area contributed by atoms with Crippen LogP contribution in [-0.2, 0) is 14.0 Å². The molecule has 0 aromatic heterocycles. The summed E-state index contributed by atoms with van der Waals surface area (Å²) >= 11 is 3.48. The Bertz CT molecular complexity index is 688. The van der Waals surface area contributed by atoms with Crippen LogP contribution in [0.5, 0.6) is 0 Å². The molecule has 1 aliphatic carbocycles. The molecule has 0 bridgehead atoms. The Kier molecular flexibility index (Phi) is 8.59. The highest BCUT2D eigenvalue weighted by molar-refractivity contribution is 9.10. The minimum atomic E-state index is -1.99. The Labute approximate surface area is 186 Å². The average Bonchev–Trinajstić information content (AvgIpc) is 2.67. The van der Waals surface area contributed by atoms with Gasteiger partial charge < -0.3 is 9.16 Å². The molecule has 5 heteroatoms. The van der Waals surface area contributed by atoms with Gasteiger partial charge in [-0.2, -0.15) is 0 Å². The normalized spacial score (nSPS) is 18.7. The van der Waals surface area contributed by atoms with Gasteiger partial charge in [-0.15, -0.1) is 0 Å². The van der Waals surface area contributed by atoms with E-state index >= 15 is 0 Å². The molecule has 0 unspecified atom stereocenters. The molecular weight excluding hydrogens is 444 g/mol. The minimum absolute atomic E-state index is 0.102. The topological polar surface area (TPSA) is 35.5 Å². The first-order chi connectivity index (χ1) is 13.6. The second-order valence-corrected chi connectivity index (χ2v) is 15.5. The molecule has 2 atom stereocenters. The molecule has 1 aromatic rings. The Morgan fingerprint density at radius 1 is 1.03 bits per heavy atom. The summed E-state index contributed by atoms with van der Waals surface area (Å²) < 4.78 is 13.2. The first kappa shape index (κ1) is 24.2. The average molecular weight is 482 g/mol. The lowest BCUT2D eigenvalue weighted by Gasteiger charge is -2.44. The van der Waals surface area contributed by atoms with E-state index in [-0.39, 0.29) is 17.8 Å². The van der Waals surface area contributed by atoms with Gasteiger partial charge in [-0.25, -0.2) is 0 Å². The number of methoxy groups -OCH3 is 1. The van der Waals surface area contributed by atoms with Crippen molar-refractivity contribution in [3.8, 4) is 0 Å². The zero-order chi connectivity index (χ0) is 21.8. The molecule has 0 heterocycles. The predicted molar refractivity (Wildman–Crippen MR) is 126 cm³/mol. The molecule has 0 saturated heterocycles. The molecule has 0 aliphatic heterocycles.